The molecule has 2 rings (SSSR count). The zero-order valence-electron chi connectivity index (χ0n) is 8.57. The van der Waals surface area contributed by atoms with Crippen LogP contribution in [0.2, 0.25) is 0 Å². The van der Waals surface area contributed by atoms with Gasteiger partial charge in [-0.15, -0.1) is 0 Å². The van der Waals surface area contributed by atoms with E-state index < -0.39 is 0 Å². The Morgan fingerprint density at radius 2 is 2.07 bits per heavy atom. The molecule has 1 saturated heterocycles. The van der Waals surface area contributed by atoms with Gasteiger partial charge in [0.1, 0.15) is 0 Å². The largest absolute Gasteiger partial charge is 0.324 e. The van der Waals surface area contributed by atoms with Crippen LogP contribution in [0, 0.1) is 0 Å². The van der Waals surface area contributed by atoms with Crippen LogP contribution in [0.3, 0.4) is 0 Å². The third-order valence-corrected chi connectivity index (χ3v) is 3.43. The zero-order chi connectivity index (χ0) is 10.2. The average molecular weight is 210 g/mol. The van der Waals surface area contributed by atoms with E-state index >= 15 is 0 Å². The lowest BCUT2D eigenvalue weighted by Crippen LogP contribution is -2.05. The number of hydrogen-bond donors (Lipinski definition) is 2. The van der Waals surface area contributed by atoms with Crippen LogP contribution in [0.1, 0.15) is 19.8 Å². The van der Waals surface area contributed by atoms with E-state index in [1.165, 1.54) is 18.6 Å². The fraction of sp³-hybridized carbons (Fsp3) is 0.455. The van der Waals surface area contributed by atoms with E-state index in [1.807, 2.05) is 30.3 Å². The van der Waals surface area contributed by atoms with Crippen LogP contribution in [0.25, 0.3) is 0 Å². The molecule has 1 aliphatic heterocycles. The van der Waals surface area contributed by atoms with Crippen LogP contribution in [0.5, 0.6) is 0 Å². The van der Waals surface area contributed by atoms with Gasteiger partial charge in [-0.2, -0.15) is 11.8 Å². The Morgan fingerprint density at radius 1 is 1.36 bits per heavy atom. The first-order valence-electron chi connectivity index (χ1n) is 4.96. The Morgan fingerprint density at radius 3 is 2.36 bits per heavy atom. The lowest BCUT2D eigenvalue weighted by atomic mass is 10.3. The van der Waals surface area contributed by atoms with Gasteiger partial charge in [0.25, 0.3) is 0 Å². The predicted octanol–water partition coefficient (Wildman–Crippen LogP) is 2.87. The van der Waals surface area contributed by atoms with Gasteiger partial charge in [0, 0.05) is 10.9 Å². The molecule has 1 fully saturated rings. The average Bonchev–Trinajstić information content (AvgIpc) is 2.71. The highest BCUT2D eigenvalue weighted by atomic mass is 32.2. The number of hydrazine groups is 1. The Bertz CT molecular complexity index is 232. The predicted molar refractivity (Wildman–Crippen MR) is 65.4 cm³/mol. The monoisotopic (exact) mass is 210 g/mol. The molecule has 1 heterocycles. The summed E-state index contributed by atoms with van der Waals surface area (Å²) >= 11 is 2.10. The lowest BCUT2D eigenvalue weighted by Gasteiger charge is -1.94. The molecule has 1 aliphatic rings. The second-order valence-electron chi connectivity index (χ2n) is 3.33. The molecule has 78 valence electrons. The van der Waals surface area contributed by atoms with Crippen molar-refractivity contribution in [2.24, 2.45) is 5.84 Å². The molecule has 1 aromatic rings. The second-order valence-corrected chi connectivity index (χ2v) is 4.88. The molecule has 0 amide bonds. The van der Waals surface area contributed by atoms with Gasteiger partial charge in [-0.25, -0.2) is 0 Å². The normalized spacial score (nSPS) is 19.7. The molecule has 0 saturated carbocycles. The van der Waals surface area contributed by atoms with Gasteiger partial charge in [0.15, 0.2) is 0 Å². The first-order valence-corrected chi connectivity index (χ1v) is 6.01. The van der Waals surface area contributed by atoms with Crippen molar-refractivity contribution >= 4 is 17.4 Å². The molecule has 3 N–H and O–H groups in total. The fourth-order valence-electron chi connectivity index (χ4n) is 1.27. The van der Waals surface area contributed by atoms with Gasteiger partial charge >= 0.3 is 0 Å². The van der Waals surface area contributed by atoms with Crippen molar-refractivity contribution in [3.05, 3.63) is 30.3 Å². The molecule has 1 unspecified atom stereocenters. The number of rotatable bonds is 1. The molecule has 1 aromatic carbocycles. The van der Waals surface area contributed by atoms with E-state index in [1.54, 1.807) is 0 Å². The van der Waals surface area contributed by atoms with Gasteiger partial charge in [-0.1, -0.05) is 25.1 Å². The van der Waals surface area contributed by atoms with Crippen molar-refractivity contribution in [2.45, 2.75) is 25.0 Å². The van der Waals surface area contributed by atoms with Crippen molar-refractivity contribution in [3.63, 3.8) is 0 Å². The highest BCUT2D eigenvalue weighted by Gasteiger charge is 2.07. The summed E-state index contributed by atoms with van der Waals surface area (Å²) in [5, 5.41) is 0.963. The summed E-state index contributed by atoms with van der Waals surface area (Å²) in [5.74, 6) is 6.50. The van der Waals surface area contributed by atoms with E-state index in [9.17, 15) is 0 Å². The maximum absolute atomic E-state index is 5.10. The summed E-state index contributed by atoms with van der Waals surface area (Å²) in [6, 6.07) is 9.60. The van der Waals surface area contributed by atoms with Crippen LogP contribution in [-0.2, 0) is 0 Å². The summed E-state index contributed by atoms with van der Waals surface area (Å²) in [6.45, 7) is 2.30. The molecule has 3 heteroatoms. The van der Waals surface area contributed by atoms with Crippen molar-refractivity contribution in [3.8, 4) is 0 Å². The number of para-hydroxylation sites is 1. The summed E-state index contributed by atoms with van der Waals surface area (Å²) < 4.78 is 0. The topological polar surface area (TPSA) is 38.0 Å². The minimum Gasteiger partial charge on any atom is -0.324 e. The second kappa shape index (κ2) is 6.74. The third-order valence-electron chi connectivity index (χ3n) is 2.10. The van der Waals surface area contributed by atoms with E-state index in [0.717, 1.165) is 10.9 Å². The van der Waals surface area contributed by atoms with Gasteiger partial charge in [-0.05, 0) is 30.7 Å². The molecule has 0 radical (unpaired) electrons. The number of nitrogen functional groups attached to an aromatic ring is 1. The van der Waals surface area contributed by atoms with Crippen LogP contribution in [0.15, 0.2) is 30.3 Å². The number of thioether (sulfide) groups is 1. The van der Waals surface area contributed by atoms with E-state index in [0.29, 0.717) is 0 Å². The third kappa shape index (κ3) is 4.53. The van der Waals surface area contributed by atoms with E-state index in [4.69, 9.17) is 5.84 Å². The number of anilines is 1. The van der Waals surface area contributed by atoms with Crippen LogP contribution >= 0.6 is 11.8 Å². The number of nitrogens with two attached hydrogens (primary N) is 1. The van der Waals surface area contributed by atoms with Crippen LogP contribution < -0.4 is 11.3 Å². The quantitative estimate of drug-likeness (QED) is 0.553. The zero-order valence-corrected chi connectivity index (χ0v) is 9.39. The minimum absolute atomic E-state index is 0.938. The standard InChI is InChI=1S/C6H8N2.C5H10S/c7-8-6-4-2-1-3-5-6;1-5-3-2-4-6-5/h1-5,8H,7H2;5H,2-4H2,1H3. The van der Waals surface area contributed by atoms with Crippen LogP contribution in [0.4, 0.5) is 5.69 Å². The molecule has 0 spiro atoms. The minimum atomic E-state index is 0.938. The van der Waals surface area contributed by atoms with Gasteiger partial charge < -0.3 is 5.43 Å². The maximum Gasteiger partial charge on any atom is 0.0485 e. The summed E-state index contributed by atoms with van der Waals surface area (Å²) in [7, 11) is 0. The molecule has 14 heavy (non-hydrogen) atoms. The molecule has 1 atom stereocenters. The summed E-state index contributed by atoms with van der Waals surface area (Å²) in [4.78, 5) is 0. The molecule has 2 nitrogen and oxygen atoms in total. The van der Waals surface area contributed by atoms with Gasteiger partial charge in [0.05, 0.1) is 0 Å². The Hall–Kier alpha value is -0.670. The van der Waals surface area contributed by atoms with Crippen molar-refractivity contribution in [1.82, 2.24) is 0 Å². The molecular weight excluding hydrogens is 192 g/mol. The Kier molecular flexibility index (Phi) is 5.49. The number of benzene rings is 1. The van der Waals surface area contributed by atoms with Gasteiger partial charge in [-0.3, -0.25) is 5.84 Å². The Balaban J connectivity index is 0.000000146. The molecule has 0 aliphatic carbocycles. The SMILES string of the molecule is CC1CCCS1.NNc1ccccc1. The Labute approximate surface area is 90.2 Å². The molecule has 0 bridgehead atoms. The number of hydrogen-bond acceptors (Lipinski definition) is 3. The first-order chi connectivity index (χ1) is 6.83. The summed E-state index contributed by atoms with van der Waals surface area (Å²) in [5.41, 5.74) is 3.46. The van der Waals surface area contributed by atoms with Crippen molar-refractivity contribution in [2.75, 3.05) is 11.2 Å². The highest BCUT2D eigenvalue weighted by molar-refractivity contribution is 8.00. The molecule has 0 aromatic heterocycles. The molecular formula is C11H18N2S. The van der Waals surface area contributed by atoms with E-state index in [-0.39, 0.29) is 0 Å². The maximum atomic E-state index is 5.10. The van der Waals surface area contributed by atoms with Crippen LogP contribution in [-0.4, -0.2) is 11.0 Å². The first kappa shape index (κ1) is 11.4. The number of nitrogens with one attached hydrogen (secondary N) is 1. The van der Waals surface area contributed by atoms with Crippen molar-refractivity contribution in [1.29, 1.82) is 0 Å². The highest BCUT2D eigenvalue weighted by Crippen LogP contribution is 2.24. The summed E-state index contributed by atoms with van der Waals surface area (Å²) in [6.07, 6.45) is 2.90. The fourth-order valence-corrected chi connectivity index (χ4v) is 2.34. The van der Waals surface area contributed by atoms with E-state index in [2.05, 4.69) is 24.1 Å². The smallest absolute Gasteiger partial charge is 0.0485 e. The van der Waals surface area contributed by atoms with Crippen molar-refractivity contribution < 1.29 is 0 Å². The van der Waals surface area contributed by atoms with Gasteiger partial charge in [0.2, 0.25) is 0 Å². The lowest BCUT2D eigenvalue weighted by molar-refractivity contribution is 0.838.